The fraction of sp³-hybridized carbons (Fsp3) is 0.409. The molecule has 7 nitrogen and oxygen atoms in total. The molecule has 2 amide bonds. The van der Waals surface area contributed by atoms with Crippen LogP contribution in [0.25, 0.3) is 0 Å². The largest absolute Gasteiger partial charge is 0.490 e. The summed E-state index contributed by atoms with van der Waals surface area (Å²) in [6, 6.07) is 6.81. The normalized spacial score (nSPS) is 10.4. The molecule has 0 atom stereocenters. The second kappa shape index (κ2) is 12.7. The number of hydrogen-bond donors (Lipinski definition) is 2. The number of rotatable bonds is 12. The lowest BCUT2D eigenvalue weighted by Gasteiger charge is -2.15. The lowest BCUT2D eigenvalue weighted by atomic mass is 10.1. The zero-order valence-electron chi connectivity index (χ0n) is 17.4. The number of amides is 2. The molecule has 2 aromatic rings. The van der Waals surface area contributed by atoms with Crippen molar-refractivity contribution in [3.05, 3.63) is 52.8 Å². The first-order valence-corrected chi connectivity index (χ1v) is 10.5. The molecular weight excluding hydrogens is 406 g/mol. The number of hydrogen-bond acceptors (Lipinski definition) is 5. The second-order valence-electron chi connectivity index (χ2n) is 6.56. The molecule has 0 radical (unpaired) electrons. The van der Waals surface area contributed by atoms with E-state index >= 15 is 0 Å². The summed E-state index contributed by atoms with van der Waals surface area (Å²) >= 11 is 6.32. The number of halogens is 1. The van der Waals surface area contributed by atoms with Gasteiger partial charge < -0.3 is 20.1 Å². The number of carbonyl (C=O) groups excluding carboxylic acids is 2. The van der Waals surface area contributed by atoms with Crippen molar-refractivity contribution in [2.24, 2.45) is 0 Å². The maximum absolute atomic E-state index is 12.5. The van der Waals surface area contributed by atoms with Gasteiger partial charge in [-0.1, -0.05) is 24.9 Å². The number of nitrogens with zero attached hydrogens (tertiary/aromatic N) is 1. The number of ether oxygens (including phenoxy) is 2. The topological polar surface area (TPSA) is 89.5 Å². The summed E-state index contributed by atoms with van der Waals surface area (Å²) in [4.78, 5) is 28.4. The molecule has 2 N–H and O–H groups in total. The monoisotopic (exact) mass is 433 g/mol. The molecule has 0 aliphatic heterocycles. The minimum atomic E-state index is -0.333. The summed E-state index contributed by atoms with van der Waals surface area (Å²) < 4.78 is 11.3. The molecule has 8 heteroatoms. The Morgan fingerprint density at radius 1 is 1.10 bits per heavy atom. The first-order valence-electron chi connectivity index (χ1n) is 10.1. The van der Waals surface area contributed by atoms with E-state index in [9.17, 15) is 9.59 Å². The molecule has 1 aromatic heterocycles. The van der Waals surface area contributed by atoms with E-state index in [0.717, 1.165) is 18.4 Å². The van der Waals surface area contributed by atoms with Gasteiger partial charge in [-0.05, 0) is 43.2 Å². The van der Waals surface area contributed by atoms with Crippen LogP contribution in [0.3, 0.4) is 0 Å². The Hall–Kier alpha value is -2.80. The van der Waals surface area contributed by atoms with Crippen LogP contribution in [0.5, 0.6) is 11.5 Å². The van der Waals surface area contributed by atoms with Crippen LogP contribution < -0.4 is 20.1 Å². The zero-order valence-corrected chi connectivity index (χ0v) is 18.1. The summed E-state index contributed by atoms with van der Waals surface area (Å²) in [5.41, 5.74) is 1.31. The van der Waals surface area contributed by atoms with Gasteiger partial charge in [0.05, 0.1) is 18.2 Å². The average molecular weight is 434 g/mol. The Labute approximate surface area is 182 Å². The predicted octanol–water partition coefficient (Wildman–Crippen LogP) is 3.75. The number of aromatic nitrogens is 1. The number of unbranched alkanes of at least 4 members (excludes halogenated alkanes) is 1. The highest BCUT2D eigenvalue weighted by Crippen LogP contribution is 2.36. The molecule has 0 aliphatic carbocycles. The third-order valence-electron chi connectivity index (χ3n) is 4.19. The van der Waals surface area contributed by atoms with Crippen molar-refractivity contribution < 1.29 is 19.1 Å². The van der Waals surface area contributed by atoms with Gasteiger partial charge >= 0.3 is 0 Å². The van der Waals surface area contributed by atoms with Crippen LogP contribution in [-0.2, 0) is 11.3 Å². The average Bonchev–Trinajstić information content (AvgIpc) is 2.75. The van der Waals surface area contributed by atoms with Crippen molar-refractivity contribution in [2.75, 3.05) is 19.8 Å². The first kappa shape index (κ1) is 23.5. The lowest BCUT2D eigenvalue weighted by molar-refractivity contribution is -0.121. The summed E-state index contributed by atoms with van der Waals surface area (Å²) in [5, 5.41) is 5.85. The van der Waals surface area contributed by atoms with Crippen LogP contribution in [-0.4, -0.2) is 36.6 Å². The quantitative estimate of drug-likeness (QED) is 0.497. The molecular formula is C22H28ClN3O4. The molecule has 1 heterocycles. The van der Waals surface area contributed by atoms with Gasteiger partial charge in [-0.3, -0.25) is 14.6 Å². The molecule has 0 saturated carbocycles. The minimum absolute atomic E-state index is 0.153. The Balaban J connectivity index is 1.88. The molecule has 0 saturated heterocycles. The number of carbonyl (C=O) groups is 2. The fourth-order valence-electron chi connectivity index (χ4n) is 2.60. The Bertz CT molecular complexity index is 831. The van der Waals surface area contributed by atoms with Crippen molar-refractivity contribution in [1.82, 2.24) is 15.6 Å². The molecule has 0 aliphatic rings. The van der Waals surface area contributed by atoms with Crippen LogP contribution in [0.4, 0.5) is 0 Å². The van der Waals surface area contributed by atoms with Crippen molar-refractivity contribution in [2.45, 2.75) is 39.7 Å². The van der Waals surface area contributed by atoms with Gasteiger partial charge in [0.1, 0.15) is 0 Å². The van der Waals surface area contributed by atoms with Crippen molar-refractivity contribution in [3.8, 4) is 11.5 Å². The van der Waals surface area contributed by atoms with Crippen LogP contribution in [0.1, 0.15) is 49.0 Å². The number of pyridine rings is 1. The summed E-state index contributed by atoms with van der Waals surface area (Å²) in [6.07, 6.45) is 5.40. The number of benzene rings is 1. The highest BCUT2D eigenvalue weighted by molar-refractivity contribution is 6.32. The standard InChI is InChI=1S/C22H28ClN3O4/c1-3-5-12-30-21-18(23)13-17(14-19(21)29-4-2)22(28)25-11-8-20(27)26-15-16-6-9-24-10-7-16/h6-7,9-10,13-14H,3-5,8,11-12,15H2,1-2H3,(H,25,28)(H,26,27). The SMILES string of the molecule is CCCCOc1c(Cl)cc(C(=O)NCCC(=O)NCc2ccncc2)cc1OCC. The van der Waals surface area contributed by atoms with Gasteiger partial charge in [-0.15, -0.1) is 0 Å². The van der Waals surface area contributed by atoms with Gasteiger partial charge in [0.15, 0.2) is 11.5 Å². The van der Waals surface area contributed by atoms with Gasteiger partial charge in [-0.25, -0.2) is 0 Å². The molecule has 1 aromatic carbocycles. The third-order valence-corrected chi connectivity index (χ3v) is 4.47. The van der Waals surface area contributed by atoms with Gasteiger partial charge in [0, 0.05) is 37.5 Å². The van der Waals surface area contributed by atoms with E-state index in [4.69, 9.17) is 21.1 Å². The van der Waals surface area contributed by atoms with E-state index < -0.39 is 0 Å². The fourth-order valence-corrected chi connectivity index (χ4v) is 2.87. The second-order valence-corrected chi connectivity index (χ2v) is 6.97. The Kier molecular flexibility index (Phi) is 9.94. The molecule has 0 unspecified atom stereocenters. The maximum atomic E-state index is 12.5. The molecule has 0 spiro atoms. The Morgan fingerprint density at radius 2 is 1.87 bits per heavy atom. The molecule has 30 heavy (non-hydrogen) atoms. The van der Waals surface area contributed by atoms with E-state index in [0.29, 0.717) is 41.8 Å². The molecule has 162 valence electrons. The highest BCUT2D eigenvalue weighted by atomic mass is 35.5. The van der Waals surface area contributed by atoms with Crippen LogP contribution in [0, 0.1) is 0 Å². The van der Waals surface area contributed by atoms with Crippen LogP contribution >= 0.6 is 11.6 Å². The van der Waals surface area contributed by atoms with Crippen molar-refractivity contribution in [3.63, 3.8) is 0 Å². The Morgan fingerprint density at radius 3 is 2.57 bits per heavy atom. The van der Waals surface area contributed by atoms with E-state index in [2.05, 4.69) is 22.5 Å². The van der Waals surface area contributed by atoms with Crippen molar-refractivity contribution in [1.29, 1.82) is 0 Å². The summed E-state index contributed by atoms with van der Waals surface area (Å²) in [7, 11) is 0. The van der Waals surface area contributed by atoms with Crippen molar-refractivity contribution >= 4 is 23.4 Å². The van der Waals surface area contributed by atoms with E-state index in [-0.39, 0.29) is 24.8 Å². The number of nitrogens with one attached hydrogen (secondary N) is 2. The van der Waals surface area contributed by atoms with E-state index in [1.54, 1.807) is 24.5 Å². The smallest absolute Gasteiger partial charge is 0.251 e. The highest BCUT2D eigenvalue weighted by Gasteiger charge is 2.16. The van der Waals surface area contributed by atoms with Crippen LogP contribution in [0.2, 0.25) is 5.02 Å². The summed E-state index contributed by atoms with van der Waals surface area (Å²) in [5.74, 6) is 0.389. The van der Waals surface area contributed by atoms with E-state index in [1.165, 1.54) is 0 Å². The maximum Gasteiger partial charge on any atom is 0.251 e. The van der Waals surface area contributed by atoms with Crippen LogP contribution in [0.15, 0.2) is 36.7 Å². The predicted molar refractivity (Wildman–Crippen MR) is 116 cm³/mol. The van der Waals surface area contributed by atoms with Gasteiger partial charge in [-0.2, -0.15) is 0 Å². The van der Waals surface area contributed by atoms with E-state index in [1.807, 2.05) is 19.1 Å². The molecule has 2 rings (SSSR count). The lowest BCUT2D eigenvalue weighted by Crippen LogP contribution is -2.30. The third kappa shape index (κ3) is 7.55. The van der Waals surface area contributed by atoms with Gasteiger partial charge in [0.25, 0.3) is 5.91 Å². The molecule has 0 bridgehead atoms. The zero-order chi connectivity index (χ0) is 21.8. The van der Waals surface area contributed by atoms with Gasteiger partial charge in [0.2, 0.25) is 5.91 Å². The molecule has 0 fully saturated rings. The minimum Gasteiger partial charge on any atom is -0.490 e. The first-order chi connectivity index (χ1) is 14.5. The summed E-state index contributed by atoms with van der Waals surface area (Å²) in [6.45, 7) is 5.49.